The highest BCUT2D eigenvalue weighted by molar-refractivity contribution is 6.08. The first kappa shape index (κ1) is 46.5. The fourth-order valence-corrected chi connectivity index (χ4v) is 9.28. The van der Waals surface area contributed by atoms with E-state index in [9.17, 15) is 50.6 Å². The van der Waals surface area contributed by atoms with E-state index in [1.165, 1.54) is 24.3 Å². The molecule has 0 radical (unpaired) electrons. The highest BCUT2D eigenvalue weighted by atomic mass is 19.4. The first-order valence-electron chi connectivity index (χ1n) is 21.5. The minimum atomic E-state index is -4.68. The highest BCUT2D eigenvalue weighted by Crippen LogP contribution is 2.42. The number of halogens is 6. The predicted octanol–water partition coefficient (Wildman–Crippen LogP) is 6.54. The van der Waals surface area contributed by atoms with Gasteiger partial charge in [0.05, 0.1) is 97.0 Å². The quantitative estimate of drug-likeness (QED) is 0.0542. The Morgan fingerprint density at radius 2 is 1.00 bits per heavy atom. The molecule has 4 aliphatic rings. The summed E-state index contributed by atoms with van der Waals surface area (Å²) in [6.07, 6.45) is -8.53. The molecule has 0 saturated carbocycles. The summed E-state index contributed by atoms with van der Waals surface area (Å²) in [6.45, 7) is 1.31. The fraction of sp³-hybridized carbons (Fsp3) is 0.319. The Morgan fingerprint density at radius 3 is 1.36 bits per heavy atom. The van der Waals surface area contributed by atoms with Crippen LogP contribution < -0.4 is 31.9 Å². The van der Waals surface area contributed by atoms with Crippen molar-refractivity contribution in [3.8, 4) is 0 Å². The number of alkyl halides is 6. The highest BCUT2D eigenvalue weighted by Gasteiger charge is 2.47. The van der Waals surface area contributed by atoms with Crippen molar-refractivity contribution in [3.63, 3.8) is 0 Å². The first-order chi connectivity index (χ1) is 31.8. The van der Waals surface area contributed by atoms with Crippen LogP contribution in [0.15, 0.2) is 120 Å². The first-order valence-corrected chi connectivity index (χ1v) is 21.5. The predicted molar refractivity (Wildman–Crippen MR) is 236 cm³/mol. The molecule has 4 aromatic carbocycles. The third-order valence-corrected chi connectivity index (χ3v) is 12.7. The molecule has 0 aliphatic carbocycles. The van der Waals surface area contributed by atoms with Crippen molar-refractivity contribution in [2.75, 3.05) is 80.7 Å². The average Bonchev–Trinajstić information content (AvgIpc) is 3.77. The lowest BCUT2D eigenvalue weighted by Crippen LogP contribution is -2.49. The van der Waals surface area contributed by atoms with Crippen LogP contribution in [-0.2, 0) is 21.9 Å². The Hall–Kier alpha value is -7.06. The van der Waals surface area contributed by atoms with Gasteiger partial charge in [0.2, 0.25) is 0 Å². The standard InChI is InChI=1S/C47H47F6N9O5/c1-62(22-23-63,20-4-18-58-26-36-38(42(58)64)40(28-10-14-32(54)15-11-28)56-44(66)60(36)34-8-2-6-30(24-34)46(48,49)50)21-5-19-59-27-37-39(43(59)65)41(29-12-16-33(55)17-13-29)57-45(67)61(37)35-9-3-7-31(25-35)47(51,52)53/h2-3,6-17,24-25,40-41,63H,4-5,18-23,26-27,54-55H2,1H3,(H-,56,57,66,67)/p+1/t40-,41-/m1/s1. The number of urea groups is 2. The number of hydrogen-bond donors (Lipinski definition) is 5. The van der Waals surface area contributed by atoms with Gasteiger partial charge in [0, 0.05) is 37.3 Å². The number of aliphatic hydroxyl groups is 1. The molecule has 2 atom stereocenters. The van der Waals surface area contributed by atoms with E-state index >= 15 is 0 Å². The molecule has 4 aromatic rings. The largest absolute Gasteiger partial charge is 0.416 e. The van der Waals surface area contributed by atoms with Crippen LogP contribution in [0.4, 0.5) is 58.7 Å². The van der Waals surface area contributed by atoms with Gasteiger partial charge in [0.25, 0.3) is 11.8 Å². The third kappa shape index (κ3) is 9.35. The summed E-state index contributed by atoms with van der Waals surface area (Å²) in [4.78, 5) is 61.3. The van der Waals surface area contributed by atoms with Crippen LogP contribution in [0, 0.1) is 0 Å². The maximum atomic E-state index is 14.3. The van der Waals surface area contributed by atoms with Gasteiger partial charge < -0.3 is 41.5 Å². The van der Waals surface area contributed by atoms with E-state index in [0.717, 1.165) is 34.1 Å². The number of amides is 6. The van der Waals surface area contributed by atoms with E-state index < -0.39 is 59.4 Å². The number of benzene rings is 4. The molecule has 14 nitrogen and oxygen atoms in total. The molecule has 67 heavy (non-hydrogen) atoms. The molecule has 7 N–H and O–H groups in total. The molecule has 0 fully saturated rings. The molecule has 20 heteroatoms. The minimum absolute atomic E-state index is 0.0584. The number of quaternary nitrogens is 1. The van der Waals surface area contributed by atoms with Crippen LogP contribution in [0.1, 0.15) is 47.2 Å². The monoisotopic (exact) mass is 932 g/mol. The lowest BCUT2D eigenvalue weighted by molar-refractivity contribution is -0.910. The summed E-state index contributed by atoms with van der Waals surface area (Å²) < 4.78 is 83.1. The summed E-state index contributed by atoms with van der Waals surface area (Å²) in [5.74, 6) is -0.808. The van der Waals surface area contributed by atoms with Crippen molar-refractivity contribution in [2.24, 2.45) is 0 Å². The van der Waals surface area contributed by atoms with Crippen molar-refractivity contribution in [3.05, 3.63) is 142 Å². The molecule has 0 saturated heterocycles. The van der Waals surface area contributed by atoms with Crippen LogP contribution in [0.3, 0.4) is 0 Å². The number of carbonyl (C=O) groups is 4. The van der Waals surface area contributed by atoms with Crippen LogP contribution in [0.5, 0.6) is 0 Å². The smallest absolute Gasteiger partial charge is 0.399 e. The van der Waals surface area contributed by atoms with Gasteiger partial charge >= 0.3 is 24.4 Å². The number of rotatable bonds is 14. The normalized spacial score (nSPS) is 19.0. The zero-order chi connectivity index (χ0) is 48.0. The van der Waals surface area contributed by atoms with Gasteiger partial charge in [-0.3, -0.25) is 19.4 Å². The van der Waals surface area contributed by atoms with Crippen molar-refractivity contribution in [2.45, 2.75) is 37.3 Å². The Morgan fingerprint density at radius 1 is 0.612 bits per heavy atom. The van der Waals surface area contributed by atoms with Gasteiger partial charge in [0.15, 0.2) is 0 Å². The number of nitrogens with zero attached hydrogens (tertiary/aromatic N) is 5. The Bertz CT molecular complexity index is 2480. The lowest BCUT2D eigenvalue weighted by atomic mass is 9.95. The second-order valence-electron chi connectivity index (χ2n) is 17.3. The molecule has 8 rings (SSSR count). The van der Waals surface area contributed by atoms with Crippen molar-refractivity contribution in [1.82, 2.24) is 20.4 Å². The molecule has 352 valence electrons. The van der Waals surface area contributed by atoms with Gasteiger partial charge in [-0.2, -0.15) is 26.3 Å². The lowest BCUT2D eigenvalue weighted by Gasteiger charge is -2.35. The molecule has 6 amide bonds. The van der Waals surface area contributed by atoms with E-state index in [4.69, 9.17) is 11.5 Å². The number of nitrogens with one attached hydrogen (secondary N) is 2. The van der Waals surface area contributed by atoms with E-state index in [1.807, 2.05) is 7.05 Å². The topological polar surface area (TPSA) is 178 Å². The van der Waals surface area contributed by atoms with Crippen LogP contribution in [0.2, 0.25) is 0 Å². The second-order valence-corrected chi connectivity index (χ2v) is 17.3. The molecule has 4 aliphatic heterocycles. The molecule has 0 aromatic heterocycles. The number of hydrogen-bond acceptors (Lipinski definition) is 7. The van der Waals surface area contributed by atoms with Gasteiger partial charge in [-0.15, -0.1) is 0 Å². The Kier molecular flexibility index (Phi) is 12.5. The molecule has 4 heterocycles. The van der Waals surface area contributed by atoms with Gasteiger partial charge in [-0.05, 0) is 71.8 Å². The van der Waals surface area contributed by atoms with E-state index in [0.29, 0.717) is 59.5 Å². The number of likely N-dealkylation sites (N-methyl/N-ethyl adjacent to an activating group) is 1. The molecular weight excluding hydrogens is 885 g/mol. The second kappa shape index (κ2) is 18.0. The number of nitrogens with two attached hydrogens (primary N) is 2. The summed E-state index contributed by atoms with van der Waals surface area (Å²) in [5.41, 5.74) is 12.7. The van der Waals surface area contributed by atoms with Gasteiger partial charge in [-0.1, -0.05) is 36.4 Å². The Balaban J connectivity index is 0.969. The van der Waals surface area contributed by atoms with Crippen molar-refractivity contribution in [1.29, 1.82) is 0 Å². The zero-order valence-electron chi connectivity index (χ0n) is 36.2. The maximum Gasteiger partial charge on any atom is 0.416 e. The van der Waals surface area contributed by atoms with Crippen LogP contribution >= 0.6 is 0 Å². The van der Waals surface area contributed by atoms with Gasteiger partial charge in [0.1, 0.15) is 6.54 Å². The van der Waals surface area contributed by atoms with Crippen molar-refractivity contribution < 1.29 is 55.1 Å². The van der Waals surface area contributed by atoms with Crippen LogP contribution in [-0.4, -0.2) is 103 Å². The molecule has 0 unspecified atom stereocenters. The summed E-state index contributed by atoms with van der Waals surface area (Å²) in [5, 5.41) is 15.8. The summed E-state index contributed by atoms with van der Waals surface area (Å²) >= 11 is 0. The number of anilines is 4. The number of carbonyl (C=O) groups excluding carboxylic acids is 4. The summed E-state index contributed by atoms with van der Waals surface area (Å²) in [7, 11) is 1.92. The molecular formula is C47H48F6N9O5+. The van der Waals surface area contributed by atoms with Gasteiger partial charge in [-0.25, -0.2) is 9.59 Å². The average molecular weight is 933 g/mol. The van der Waals surface area contributed by atoms with E-state index in [-0.39, 0.29) is 66.7 Å². The molecule has 0 spiro atoms. The maximum absolute atomic E-state index is 14.3. The fourth-order valence-electron chi connectivity index (χ4n) is 9.28. The minimum Gasteiger partial charge on any atom is -0.399 e. The van der Waals surface area contributed by atoms with Crippen LogP contribution in [0.25, 0.3) is 0 Å². The zero-order valence-corrected chi connectivity index (χ0v) is 36.2. The summed E-state index contributed by atoms with van der Waals surface area (Å²) in [6, 6.07) is 18.6. The Labute approximate surface area is 381 Å². The number of nitrogen functional groups attached to an aromatic ring is 2. The molecule has 0 bridgehead atoms. The van der Waals surface area contributed by atoms with Crippen molar-refractivity contribution >= 4 is 46.6 Å². The van der Waals surface area contributed by atoms with E-state index in [1.54, 1.807) is 58.3 Å². The third-order valence-electron chi connectivity index (χ3n) is 12.7. The SMILES string of the molecule is C[N+](CCO)(CCCN1CC2=C(C1=O)[C@@H](c1ccc(N)cc1)NC(=O)N2c1cccc(C(F)(F)F)c1)CCCN1CC2=C(C1=O)[C@@H](c1ccc(N)cc1)NC(=O)N2c1cccc(C(F)(F)F)c1. The van der Waals surface area contributed by atoms with E-state index in [2.05, 4.69) is 10.6 Å². The number of aliphatic hydroxyl groups excluding tert-OH is 1.